The minimum Gasteiger partial charge on any atom is -0.444 e. The predicted molar refractivity (Wildman–Crippen MR) is 126 cm³/mol. The summed E-state index contributed by atoms with van der Waals surface area (Å²) in [6.45, 7) is 3.57. The molecule has 0 saturated heterocycles. The van der Waals surface area contributed by atoms with Crippen LogP contribution >= 0.6 is 24.0 Å². The van der Waals surface area contributed by atoms with Gasteiger partial charge in [0, 0.05) is 25.8 Å². The van der Waals surface area contributed by atoms with Gasteiger partial charge in [-0.1, -0.05) is 30.3 Å². The number of oxazole rings is 1. The fourth-order valence-corrected chi connectivity index (χ4v) is 2.80. The molecule has 2 N–H and O–H groups in total. The number of halogens is 2. The Bertz CT molecular complexity index is 916. The molecule has 0 radical (unpaired) electrons. The number of rotatable bonds is 8. The molecule has 3 rings (SSSR count). The van der Waals surface area contributed by atoms with Crippen molar-refractivity contribution in [1.29, 1.82) is 0 Å². The molecule has 3 aromatic rings. The monoisotopic (exact) mass is 524 g/mol. The normalized spacial score (nSPS) is 12.2. The fraction of sp³-hybridized carbons (Fsp3) is 0.273. The van der Waals surface area contributed by atoms with Gasteiger partial charge in [0.1, 0.15) is 17.8 Å². The van der Waals surface area contributed by atoms with Gasteiger partial charge in [0.25, 0.3) is 0 Å². The molecule has 0 saturated carbocycles. The molecule has 0 aliphatic carbocycles. The van der Waals surface area contributed by atoms with E-state index in [2.05, 4.69) is 20.6 Å². The lowest BCUT2D eigenvalue weighted by molar-refractivity contribution is 0.106. The van der Waals surface area contributed by atoms with Crippen molar-refractivity contribution in [3.63, 3.8) is 0 Å². The van der Waals surface area contributed by atoms with Crippen molar-refractivity contribution < 1.29 is 13.5 Å². The number of ether oxygens (including phenoxy) is 1. The molecule has 1 atom stereocenters. The van der Waals surface area contributed by atoms with Crippen molar-refractivity contribution in [3.8, 4) is 11.5 Å². The zero-order valence-corrected chi connectivity index (χ0v) is 19.3. The van der Waals surface area contributed by atoms with Gasteiger partial charge in [0.2, 0.25) is 5.89 Å². The molecule has 30 heavy (non-hydrogen) atoms. The van der Waals surface area contributed by atoms with Crippen molar-refractivity contribution in [2.24, 2.45) is 4.99 Å². The molecule has 0 fully saturated rings. The highest BCUT2D eigenvalue weighted by Crippen LogP contribution is 2.18. The number of aliphatic imine (C=N–C) groups is 1. The minimum atomic E-state index is -0.269. The second kappa shape index (κ2) is 12.3. The minimum absolute atomic E-state index is 0. The van der Waals surface area contributed by atoms with E-state index in [-0.39, 0.29) is 35.9 Å². The summed E-state index contributed by atoms with van der Waals surface area (Å²) in [7, 11) is 1.63. The molecule has 2 aromatic carbocycles. The summed E-state index contributed by atoms with van der Waals surface area (Å²) >= 11 is 0. The Balaban J connectivity index is 0.00000320. The Morgan fingerprint density at radius 1 is 1.13 bits per heavy atom. The van der Waals surface area contributed by atoms with Crippen LogP contribution in [0.3, 0.4) is 0 Å². The van der Waals surface area contributed by atoms with Gasteiger partial charge in [-0.3, -0.25) is 0 Å². The fourth-order valence-electron chi connectivity index (χ4n) is 2.80. The maximum Gasteiger partial charge on any atom is 0.226 e. The Morgan fingerprint density at radius 3 is 2.53 bits per heavy atom. The highest BCUT2D eigenvalue weighted by Gasteiger charge is 2.12. The largest absolute Gasteiger partial charge is 0.444 e. The summed E-state index contributed by atoms with van der Waals surface area (Å²) in [5.41, 5.74) is 2.55. The van der Waals surface area contributed by atoms with Crippen LogP contribution in [0.15, 0.2) is 70.3 Å². The van der Waals surface area contributed by atoms with Crippen LogP contribution in [-0.2, 0) is 11.3 Å². The summed E-state index contributed by atoms with van der Waals surface area (Å²) in [6.07, 6.45) is 1.39. The van der Waals surface area contributed by atoms with E-state index in [1.165, 1.54) is 12.1 Å². The lowest BCUT2D eigenvalue weighted by Gasteiger charge is -2.18. The van der Waals surface area contributed by atoms with Crippen LogP contribution in [0.25, 0.3) is 11.5 Å². The van der Waals surface area contributed by atoms with Crippen molar-refractivity contribution in [2.45, 2.75) is 19.6 Å². The molecule has 0 aliphatic heterocycles. The SMILES string of the molecule is CCNC(=NCc1coc(-c2ccccc2)n1)NCC(OC)c1ccc(F)cc1.I. The lowest BCUT2D eigenvalue weighted by Crippen LogP contribution is -2.39. The molecular formula is C22H26FIN4O2. The topological polar surface area (TPSA) is 71.7 Å². The van der Waals surface area contributed by atoms with E-state index < -0.39 is 0 Å². The molecule has 1 heterocycles. The predicted octanol–water partition coefficient (Wildman–Crippen LogP) is 4.54. The second-order valence-corrected chi connectivity index (χ2v) is 6.36. The van der Waals surface area contributed by atoms with Crippen LogP contribution in [-0.4, -0.2) is 31.1 Å². The summed E-state index contributed by atoms with van der Waals surface area (Å²) in [5, 5.41) is 6.45. The van der Waals surface area contributed by atoms with Gasteiger partial charge in [-0.2, -0.15) is 0 Å². The molecule has 1 unspecified atom stereocenters. The number of aromatic nitrogens is 1. The van der Waals surface area contributed by atoms with Gasteiger partial charge in [-0.25, -0.2) is 14.4 Å². The molecule has 160 valence electrons. The van der Waals surface area contributed by atoms with Crippen molar-refractivity contribution in [3.05, 3.63) is 77.9 Å². The van der Waals surface area contributed by atoms with Gasteiger partial charge in [0.05, 0.1) is 12.6 Å². The molecular weight excluding hydrogens is 498 g/mol. The van der Waals surface area contributed by atoms with E-state index in [9.17, 15) is 4.39 Å². The van der Waals surface area contributed by atoms with Crippen LogP contribution in [0.1, 0.15) is 24.3 Å². The van der Waals surface area contributed by atoms with Crippen LogP contribution in [0, 0.1) is 5.82 Å². The summed E-state index contributed by atoms with van der Waals surface area (Å²) in [6, 6.07) is 16.0. The first-order valence-corrected chi connectivity index (χ1v) is 9.50. The van der Waals surface area contributed by atoms with Crippen molar-refractivity contribution >= 4 is 29.9 Å². The van der Waals surface area contributed by atoms with Crippen molar-refractivity contribution in [2.75, 3.05) is 20.2 Å². The molecule has 0 bridgehead atoms. The molecule has 0 aliphatic rings. The molecule has 0 spiro atoms. The van der Waals surface area contributed by atoms with E-state index in [1.54, 1.807) is 25.5 Å². The van der Waals surface area contributed by atoms with Gasteiger partial charge >= 0.3 is 0 Å². The lowest BCUT2D eigenvalue weighted by atomic mass is 10.1. The third kappa shape index (κ3) is 6.81. The summed E-state index contributed by atoms with van der Waals surface area (Å²) in [5.74, 6) is 0.944. The van der Waals surface area contributed by atoms with Gasteiger partial charge in [-0.15, -0.1) is 24.0 Å². The third-order valence-electron chi connectivity index (χ3n) is 4.30. The first-order valence-electron chi connectivity index (χ1n) is 9.50. The number of nitrogens with zero attached hydrogens (tertiary/aromatic N) is 2. The van der Waals surface area contributed by atoms with Crippen LogP contribution in [0.2, 0.25) is 0 Å². The smallest absolute Gasteiger partial charge is 0.226 e. The van der Waals surface area contributed by atoms with Crippen molar-refractivity contribution in [1.82, 2.24) is 15.6 Å². The number of guanidine groups is 1. The van der Waals surface area contributed by atoms with E-state index >= 15 is 0 Å². The highest BCUT2D eigenvalue weighted by atomic mass is 127. The number of benzene rings is 2. The Kier molecular flexibility index (Phi) is 9.75. The first-order chi connectivity index (χ1) is 14.2. The zero-order chi connectivity index (χ0) is 20.5. The molecule has 6 nitrogen and oxygen atoms in total. The number of nitrogens with one attached hydrogen (secondary N) is 2. The quantitative estimate of drug-likeness (QED) is 0.257. The van der Waals surface area contributed by atoms with Gasteiger partial charge in [0.15, 0.2) is 5.96 Å². The molecule has 1 aromatic heterocycles. The van der Waals surface area contributed by atoms with Crippen LogP contribution < -0.4 is 10.6 Å². The maximum atomic E-state index is 13.1. The van der Waals surface area contributed by atoms with E-state index in [0.29, 0.717) is 31.5 Å². The second-order valence-electron chi connectivity index (χ2n) is 6.36. The third-order valence-corrected chi connectivity index (χ3v) is 4.30. The number of hydrogen-bond donors (Lipinski definition) is 2. The number of hydrogen-bond acceptors (Lipinski definition) is 4. The first kappa shape index (κ1) is 23.8. The zero-order valence-electron chi connectivity index (χ0n) is 17.0. The molecule has 0 amide bonds. The van der Waals surface area contributed by atoms with E-state index in [0.717, 1.165) is 16.8 Å². The molecule has 8 heteroatoms. The number of methoxy groups -OCH3 is 1. The summed E-state index contributed by atoms with van der Waals surface area (Å²) in [4.78, 5) is 9.05. The van der Waals surface area contributed by atoms with Gasteiger partial charge < -0.3 is 19.8 Å². The maximum absolute atomic E-state index is 13.1. The van der Waals surface area contributed by atoms with Gasteiger partial charge in [-0.05, 0) is 36.8 Å². The van der Waals surface area contributed by atoms with E-state index in [1.807, 2.05) is 37.3 Å². The highest BCUT2D eigenvalue weighted by molar-refractivity contribution is 14.0. The van der Waals surface area contributed by atoms with Crippen LogP contribution in [0.5, 0.6) is 0 Å². The average Bonchev–Trinajstić information content (AvgIpc) is 3.23. The standard InChI is InChI=1S/C22H25FN4O2.HI/c1-3-24-22(26-14-20(28-2)16-9-11-18(23)12-10-16)25-13-19-15-29-21(27-19)17-7-5-4-6-8-17;/h4-12,15,20H,3,13-14H2,1-2H3,(H2,24,25,26);1H. The Hall–Kier alpha value is -2.46. The van der Waals surface area contributed by atoms with Crippen LogP contribution in [0.4, 0.5) is 4.39 Å². The summed E-state index contributed by atoms with van der Waals surface area (Å²) < 4.78 is 24.2. The Labute approximate surface area is 193 Å². The Morgan fingerprint density at radius 2 is 1.87 bits per heavy atom. The average molecular weight is 524 g/mol. The van der Waals surface area contributed by atoms with E-state index in [4.69, 9.17) is 9.15 Å².